The molecule has 41 heavy (non-hydrogen) atoms. The number of hydrogen-bond acceptors (Lipinski definition) is 7. The molecule has 11 heteroatoms. The van der Waals surface area contributed by atoms with E-state index in [1.807, 2.05) is 24.3 Å². The fraction of sp³-hybridized carbons (Fsp3) is 0.0333. The van der Waals surface area contributed by atoms with Gasteiger partial charge in [-0.25, -0.2) is 4.98 Å². The van der Waals surface area contributed by atoms with Crippen LogP contribution in [0.5, 0.6) is 5.75 Å². The van der Waals surface area contributed by atoms with Crippen molar-refractivity contribution in [3.05, 3.63) is 133 Å². The van der Waals surface area contributed by atoms with Gasteiger partial charge in [-0.2, -0.15) is 9.78 Å². The quantitative estimate of drug-likeness (QED) is 0.109. The molecule has 0 N–H and O–H groups in total. The molecule has 6 aromatic rings. The van der Waals surface area contributed by atoms with Crippen LogP contribution in [-0.4, -0.2) is 20.8 Å². The van der Waals surface area contributed by atoms with E-state index in [0.29, 0.717) is 43.4 Å². The summed E-state index contributed by atoms with van der Waals surface area (Å²) < 4.78 is 12.8. The van der Waals surface area contributed by atoms with E-state index < -0.39 is 10.5 Å². The van der Waals surface area contributed by atoms with E-state index in [0.717, 1.165) is 10.1 Å². The first-order valence-electron chi connectivity index (χ1n) is 12.3. The highest BCUT2D eigenvalue weighted by molar-refractivity contribution is 6.35. The molecule has 0 amide bonds. The van der Waals surface area contributed by atoms with Gasteiger partial charge in [0.25, 0.3) is 5.56 Å². The monoisotopic (exact) mass is 584 g/mol. The maximum absolute atomic E-state index is 13.5. The summed E-state index contributed by atoms with van der Waals surface area (Å²) in [6, 6.07) is 25.4. The predicted molar refractivity (Wildman–Crippen MR) is 158 cm³/mol. The Kier molecular flexibility index (Phi) is 6.96. The van der Waals surface area contributed by atoms with Crippen molar-refractivity contribution in [1.82, 2.24) is 9.66 Å². The standard InChI is InChI=1S/C30H18Cl2N4O5/c31-21-11-10-20(23(32)15-21)17-40-27-12-9-18(13-25(27)36(38)39)16-33-35-29(28-14-19-5-1-4-8-26(19)41-28)34-24-7-3-2-6-22(24)30(35)37/h1-16H,17H2. The first-order chi connectivity index (χ1) is 19.9. The zero-order valence-corrected chi connectivity index (χ0v) is 22.5. The van der Waals surface area contributed by atoms with E-state index in [1.54, 1.807) is 54.6 Å². The Bertz CT molecular complexity index is 2020. The van der Waals surface area contributed by atoms with Crippen molar-refractivity contribution >= 4 is 57.0 Å². The largest absolute Gasteiger partial charge is 0.482 e. The Morgan fingerprint density at radius 2 is 1.80 bits per heavy atom. The summed E-state index contributed by atoms with van der Waals surface area (Å²) in [6.45, 7) is 0.00327. The van der Waals surface area contributed by atoms with Crippen LogP contribution in [0, 0.1) is 10.1 Å². The lowest BCUT2D eigenvalue weighted by Crippen LogP contribution is -2.20. The average molecular weight is 585 g/mol. The zero-order chi connectivity index (χ0) is 28.5. The fourth-order valence-electron chi connectivity index (χ4n) is 4.28. The molecule has 0 saturated carbocycles. The van der Waals surface area contributed by atoms with Crippen LogP contribution in [0.3, 0.4) is 0 Å². The summed E-state index contributed by atoms with van der Waals surface area (Å²) in [7, 11) is 0. The number of fused-ring (bicyclic) bond motifs is 2. The Morgan fingerprint density at radius 1 is 1.00 bits per heavy atom. The molecule has 0 aliphatic rings. The number of halogens is 2. The summed E-state index contributed by atoms with van der Waals surface area (Å²) in [4.78, 5) is 29.4. The van der Waals surface area contributed by atoms with Gasteiger partial charge in [0.05, 0.1) is 22.0 Å². The Balaban J connectivity index is 1.38. The first-order valence-corrected chi connectivity index (χ1v) is 13.0. The molecule has 202 valence electrons. The van der Waals surface area contributed by atoms with Crippen molar-refractivity contribution in [2.45, 2.75) is 6.61 Å². The van der Waals surface area contributed by atoms with Crippen LogP contribution < -0.4 is 10.3 Å². The second-order valence-corrected chi connectivity index (χ2v) is 9.81. The molecule has 0 aliphatic carbocycles. The van der Waals surface area contributed by atoms with Crippen molar-refractivity contribution in [2.75, 3.05) is 0 Å². The molecule has 2 heterocycles. The van der Waals surface area contributed by atoms with Gasteiger partial charge in [-0.1, -0.05) is 59.6 Å². The first kappa shape index (κ1) is 26.2. The Labute approximate surface area is 242 Å². The van der Waals surface area contributed by atoms with Gasteiger partial charge in [0, 0.05) is 32.6 Å². The maximum Gasteiger partial charge on any atom is 0.311 e. The molecule has 0 aliphatic heterocycles. The van der Waals surface area contributed by atoms with E-state index in [9.17, 15) is 14.9 Å². The smallest absolute Gasteiger partial charge is 0.311 e. The van der Waals surface area contributed by atoms with E-state index >= 15 is 0 Å². The molecule has 9 nitrogen and oxygen atoms in total. The van der Waals surface area contributed by atoms with Crippen molar-refractivity contribution in [2.24, 2.45) is 5.10 Å². The minimum absolute atomic E-state index is 0.00327. The van der Waals surface area contributed by atoms with Crippen LogP contribution in [0.1, 0.15) is 11.1 Å². The number of hydrogen-bond donors (Lipinski definition) is 0. The molecule has 2 aromatic heterocycles. The van der Waals surface area contributed by atoms with Gasteiger partial charge in [-0.3, -0.25) is 14.9 Å². The third kappa shape index (κ3) is 5.28. The number of furan rings is 1. The number of nitrogens with zero attached hydrogens (tertiary/aromatic N) is 4. The van der Waals surface area contributed by atoms with Crippen LogP contribution in [0.2, 0.25) is 10.0 Å². The summed E-state index contributed by atoms with van der Waals surface area (Å²) >= 11 is 12.1. The molecule has 6 rings (SSSR count). The van der Waals surface area contributed by atoms with Gasteiger partial charge in [-0.15, -0.1) is 0 Å². The van der Waals surface area contributed by atoms with Crippen molar-refractivity contribution < 1.29 is 14.1 Å². The molecule has 0 bridgehead atoms. The van der Waals surface area contributed by atoms with Gasteiger partial charge in [-0.05, 0) is 48.5 Å². The van der Waals surface area contributed by atoms with Crippen LogP contribution in [0.25, 0.3) is 33.5 Å². The van der Waals surface area contributed by atoms with Crippen molar-refractivity contribution in [3.8, 4) is 17.3 Å². The third-order valence-corrected chi connectivity index (χ3v) is 6.89. The predicted octanol–water partition coefficient (Wildman–Crippen LogP) is 7.49. The van der Waals surface area contributed by atoms with Crippen LogP contribution >= 0.6 is 23.2 Å². The minimum Gasteiger partial charge on any atom is -0.482 e. The molecular weight excluding hydrogens is 567 g/mol. The fourth-order valence-corrected chi connectivity index (χ4v) is 4.74. The SMILES string of the molecule is O=c1c2ccccc2nc(-c2cc3ccccc3o2)n1N=Cc1ccc(OCc2ccc(Cl)cc2Cl)c([N+](=O)[O-])c1. The topological polar surface area (TPSA) is 113 Å². The summed E-state index contributed by atoms with van der Waals surface area (Å²) in [5.41, 5.74) is 1.41. The zero-order valence-electron chi connectivity index (χ0n) is 21.0. The molecule has 0 fully saturated rings. The number of nitro benzene ring substituents is 1. The highest BCUT2D eigenvalue weighted by Gasteiger charge is 2.18. The number of benzene rings is 4. The number of aromatic nitrogens is 2. The highest BCUT2D eigenvalue weighted by atomic mass is 35.5. The Hall–Kier alpha value is -4.99. The van der Waals surface area contributed by atoms with Gasteiger partial charge in [0.15, 0.2) is 11.5 Å². The maximum atomic E-state index is 13.5. The second kappa shape index (κ2) is 10.9. The van der Waals surface area contributed by atoms with E-state index in [2.05, 4.69) is 10.1 Å². The van der Waals surface area contributed by atoms with Crippen LogP contribution in [0.15, 0.2) is 105 Å². The number of rotatable bonds is 7. The number of ether oxygens (including phenoxy) is 1. The highest BCUT2D eigenvalue weighted by Crippen LogP contribution is 2.30. The summed E-state index contributed by atoms with van der Waals surface area (Å²) in [5, 5.41) is 18.3. The lowest BCUT2D eigenvalue weighted by atomic mass is 10.2. The Morgan fingerprint density at radius 3 is 2.61 bits per heavy atom. The summed E-state index contributed by atoms with van der Waals surface area (Å²) in [5.74, 6) is 0.586. The van der Waals surface area contributed by atoms with Crippen LogP contribution in [-0.2, 0) is 6.61 Å². The molecular formula is C30H18Cl2N4O5. The van der Waals surface area contributed by atoms with Gasteiger partial charge >= 0.3 is 5.69 Å². The van der Waals surface area contributed by atoms with Gasteiger partial charge < -0.3 is 9.15 Å². The minimum atomic E-state index is -0.556. The second-order valence-electron chi connectivity index (χ2n) is 8.97. The van der Waals surface area contributed by atoms with E-state index in [1.165, 1.54) is 18.3 Å². The number of para-hydroxylation sites is 2. The molecule has 0 spiro atoms. The van der Waals surface area contributed by atoms with E-state index in [4.69, 9.17) is 32.4 Å². The van der Waals surface area contributed by atoms with Crippen LogP contribution in [0.4, 0.5) is 5.69 Å². The molecule has 0 atom stereocenters. The molecule has 0 saturated heterocycles. The molecule has 4 aromatic carbocycles. The van der Waals surface area contributed by atoms with Gasteiger partial charge in [0.1, 0.15) is 12.2 Å². The molecule has 0 unspecified atom stereocenters. The van der Waals surface area contributed by atoms with Gasteiger partial charge in [0.2, 0.25) is 5.82 Å². The van der Waals surface area contributed by atoms with Crippen molar-refractivity contribution in [3.63, 3.8) is 0 Å². The average Bonchev–Trinajstić information content (AvgIpc) is 3.41. The molecule has 0 radical (unpaired) electrons. The lowest BCUT2D eigenvalue weighted by Gasteiger charge is -2.09. The number of nitro groups is 1. The normalized spacial score (nSPS) is 11.5. The third-order valence-electron chi connectivity index (χ3n) is 6.30. The van der Waals surface area contributed by atoms with Crippen molar-refractivity contribution in [1.29, 1.82) is 0 Å². The lowest BCUT2D eigenvalue weighted by molar-refractivity contribution is -0.385. The van der Waals surface area contributed by atoms with E-state index in [-0.39, 0.29) is 23.9 Å². The summed E-state index contributed by atoms with van der Waals surface area (Å²) in [6.07, 6.45) is 1.34.